The summed E-state index contributed by atoms with van der Waals surface area (Å²) in [7, 11) is 0. The molecule has 0 aliphatic heterocycles. The second kappa shape index (κ2) is 11.1. The van der Waals surface area contributed by atoms with Gasteiger partial charge in [0, 0.05) is 25.0 Å². The molecular weight excluding hydrogens is 435 g/mol. The fraction of sp³-hybridized carbons (Fsp3) is 0.455. The number of carbonyl (C=O) groups excluding carboxylic acids is 1. The van der Waals surface area contributed by atoms with Crippen LogP contribution in [0.3, 0.4) is 0 Å². The van der Waals surface area contributed by atoms with E-state index in [1.807, 2.05) is 6.07 Å². The summed E-state index contributed by atoms with van der Waals surface area (Å²) in [6.07, 6.45) is 2.00. The van der Waals surface area contributed by atoms with Crippen LogP contribution < -0.4 is 16.0 Å². The van der Waals surface area contributed by atoms with E-state index in [2.05, 4.69) is 39.8 Å². The quantitative estimate of drug-likeness (QED) is 0.420. The summed E-state index contributed by atoms with van der Waals surface area (Å²) in [6, 6.07) is 5.08. The zero-order chi connectivity index (χ0) is 23.9. The lowest BCUT2D eigenvalue weighted by molar-refractivity contribution is -0.00177. The van der Waals surface area contributed by atoms with Crippen LogP contribution in [0, 0.1) is 17.2 Å². The van der Waals surface area contributed by atoms with E-state index in [0.717, 1.165) is 6.42 Å². The number of rotatable bonds is 10. The number of alkyl halides is 1. The van der Waals surface area contributed by atoms with Gasteiger partial charge in [0.25, 0.3) is 5.91 Å². The Morgan fingerprint density at radius 3 is 2.62 bits per heavy atom. The van der Waals surface area contributed by atoms with E-state index in [1.54, 1.807) is 6.07 Å². The first kappa shape index (κ1) is 25.3. The zero-order valence-corrected chi connectivity index (χ0v) is 19.3. The summed E-state index contributed by atoms with van der Waals surface area (Å²) >= 11 is 6.17. The Hall–Kier alpha value is -2.96. The third kappa shape index (κ3) is 7.32. The minimum absolute atomic E-state index is 0.237. The molecule has 1 atom stereocenters. The fourth-order valence-electron chi connectivity index (χ4n) is 2.59. The van der Waals surface area contributed by atoms with Crippen molar-refractivity contribution in [3.63, 3.8) is 0 Å². The largest absolute Gasteiger partial charge is 0.387 e. The minimum Gasteiger partial charge on any atom is -0.387 e. The van der Waals surface area contributed by atoms with Crippen molar-refractivity contribution in [2.45, 2.75) is 45.9 Å². The van der Waals surface area contributed by atoms with Crippen molar-refractivity contribution in [3.8, 4) is 6.07 Å². The molecule has 32 heavy (non-hydrogen) atoms. The van der Waals surface area contributed by atoms with E-state index in [1.165, 1.54) is 32.3 Å². The Balaban J connectivity index is 2.24. The maximum Gasteiger partial charge on any atom is 0.255 e. The van der Waals surface area contributed by atoms with Gasteiger partial charge in [-0.1, -0.05) is 25.4 Å². The van der Waals surface area contributed by atoms with E-state index in [0.29, 0.717) is 35.3 Å². The van der Waals surface area contributed by atoms with Crippen molar-refractivity contribution in [3.05, 3.63) is 40.7 Å². The van der Waals surface area contributed by atoms with Crippen LogP contribution >= 0.6 is 11.6 Å². The van der Waals surface area contributed by atoms with Gasteiger partial charge < -0.3 is 21.1 Å². The van der Waals surface area contributed by atoms with E-state index in [-0.39, 0.29) is 17.1 Å². The SMILES string of the molecule is CC(C)CCNc1cc(Nc2ncc(C#N)cc2Cl)ncc1C(=O)NC[C@@H](F)C(C)(C)O. The average molecular weight is 463 g/mol. The van der Waals surface area contributed by atoms with Gasteiger partial charge in [-0.05, 0) is 32.3 Å². The van der Waals surface area contributed by atoms with Gasteiger partial charge >= 0.3 is 0 Å². The molecule has 0 aliphatic carbocycles. The summed E-state index contributed by atoms with van der Waals surface area (Å²) in [5, 5.41) is 27.6. The number of anilines is 3. The van der Waals surface area contributed by atoms with E-state index >= 15 is 0 Å². The highest BCUT2D eigenvalue weighted by Gasteiger charge is 2.27. The van der Waals surface area contributed by atoms with Gasteiger partial charge in [0.05, 0.1) is 34.0 Å². The molecule has 0 bridgehead atoms. The van der Waals surface area contributed by atoms with Crippen molar-refractivity contribution in [2.75, 3.05) is 23.7 Å². The number of aromatic nitrogens is 2. The first-order valence-corrected chi connectivity index (χ1v) is 10.6. The maximum atomic E-state index is 14.0. The molecule has 0 saturated heterocycles. The number of hydrogen-bond acceptors (Lipinski definition) is 7. The van der Waals surface area contributed by atoms with Crippen LogP contribution in [0.5, 0.6) is 0 Å². The molecule has 2 aromatic heterocycles. The number of nitrogens with zero attached hydrogens (tertiary/aromatic N) is 3. The topological polar surface area (TPSA) is 123 Å². The number of nitriles is 1. The first-order chi connectivity index (χ1) is 15.0. The predicted octanol–water partition coefficient (Wildman–Crippen LogP) is 4.04. The molecule has 0 spiro atoms. The summed E-state index contributed by atoms with van der Waals surface area (Å²) in [4.78, 5) is 21.0. The Bertz CT molecular complexity index is 987. The van der Waals surface area contributed by atoms with Crippen LogP contribution in [0.1, 0.15) is 50.0 Å². The predicted molar refractivity (Wildman–Crippen MR) is 123 cm³/mol. The number of nitrogens with one attached hydrogen (secondary N) is 3. The highest BCUT2D eigenvalue weighted by Crippen LogP contribution is 2.26. The second-order valence-corrected chi connectivity index (χ2v) is 8.75. The number of hydrogen-bond donors (Lipinski definition) is 4. The first-order valence-electron chi connectivity index (χ1n) is 10.2. The molecule has 0 saturated carbocycles. The molecule has 2 heterocycles. The molecule has 2 rings (SSSR count). The lowest BCUT2D eigenvalue weighted by Crippen LogP contribution is -2.42. The smallest absolute Gasteiger partial charge is 0.255 e. The molecule has 0 unspecified atom stereocenters. The minimum atomic E-state index is -1.62. The molecule has 2 aromatic rings. The van der Waals surface area contributed by atoms with Crippen molar-refractivity contribution in [2.24, 2.45) is 5.92 Å². The van der Waals surface area contributed by atoms with Gasteiger partial charge in [0.2, 0.25) is 0 Å². The summed E-state index contributed by atoms with van der Waals surface area (Å²) in [5.74, 6) is 0.638. The van der Waals surface area contributed by atoms with Gasteiger partial charge in [0.15, 0.2) is 0 Å². The van der Waals surface area contributed by atoms with Crippen LogP contribution in [0.4, 0.5) is 21.7 Å². The highest BCUT2D eigenvalue weighted by atomic mass is 35.5. The molecule has 8 nitrogen and oxygen atoms in total. The van der Waals surface area contributed by atoms with Crippen molar-refractivity contribution >= 4 is 34.8 Å². The summed E-state index contributed by atoms with van der Waals surface area (Å²) in [6.45, 7) is 7.14. The van der Waals surface area contributed by atoms with Crippen molar-refractivity contribution in [1.82, 2.24) is 15.3 Å². The van der Waals surface area contributed by atoms with E-state index in [4.69, 9.17) is 16.9 Å². The molecule has 0 aliphatic rings. The van der Waals surface area contributed by atoms with Crippen LogP contribution in [0.25, 0.3) is 0 Å². The van der Waals surface area contributed by atoms with Crippen molar-refractivity contribution in [1.29, 1.82) is 5.26 Å². The highest BCUT2D eigenvalue weighted by molar-refractivity contribution is 6.33. The second-order valence-electron chi connectivity index (χ2n) is 8.35. The average Bonchev–Trinajstić information content (AvgIpc) is 2.72. The van der Waals surface area contributed by atoms with Gasteiger partial charge in [-0.25, -0.2) is 14.4 Å². The van der Waals surface area contributed by atoms with Gasteiger partial charge in [0.1, 0.15) is 23.9 Å². The molecule has 0 radical (unpaired) electrons. The summed E-state index contributed by atoms with van der Waals surface area (Å²) in [5.41, 5.74) is -0.496. The van der Waals surface area contributed by atoms with Crippen LogP contribution in [-0.2, 0) is 0 Å². The molecular formula is C22H28ClFN6O2. The third-order valence-electron chi connectivity index (χ3n) is 4.61. The number of amides is 1. The fourth-order valence-corrected chi connectivity index (χ4v) is 2.80. The van der Waals surface area contributed by atoms with Crippen LogP contribution in [0.2, 0.25) is 5.02 Å². The van der Waals surface area contributed by atoms with Crippen molar-refractivity contribution < 1.29 is 14.3 Å². The molecule has 0 fully saturated rings. The van der Waals surface area contributed by atoms with Gasteiger partial charge in [-0.2, -0.15) is 5.26 Å². The molecule has 4 N–H and O–H groups in total. The molecule has 172 valence electrons. The van der Waals surface area contributed by atoms with Gasteiger partial charge in [-0.3, -0.25) is 4.79 Å². The number of carbonyl (C=O) groups is 1. The Morgan fingerprint density at radius 2 is 2.03 bits per heavy atom. The molecule has 1 amide bonds. The van der Waals surface area contributed by atoms with Gasteiger partial charge in [-0.15, -0.1) is 0 Å². The normalized spacial score (nSPS) is 12.2. The number of halogens is 2. The number of aliphatic hydroxyl groups is 1. The maximum absolute atomic E-state index is 14.0. The lowest BCUT2D eigenvalue weighted by Gasteiger charge is -2.22. The third-order valence-corrected chi connectivity index (χ3v) is 4.90. The Labute approximate surface area is 192 Å². The Morgan fingerprint density at radius 1 is 1.31 bits per heavy atom. The standard InChI is InChI=1S/C22H28ClFN6O2/c1-13(2)5-6-26-17-8-19(30-20-16(23)7-14(9-25)10-28-20)27-11-15(17)21(31)29-12-18(24)22(3,4)32/h7-8,10-11,13,18,32H,5-6,12H2,1-4H3,(H,29,31)(H2,26,27,28,30)/t18-/m1/s1. The zero-order valence-electron chi connectivity index (χ0n) is 18.5. The number of pyridine rings is 2. The van der Waals surface area contributed by atoms with E-state index < -0.39 is 17.7 Å². The molecule has 0 aromatic carbocycles. The van der Waals surface area contributed by atoms with E-state index in [9.17, 15) is 14.3 Å². The Kier molecular flexibility index (Phi) is 8.75. The van der Waals surface area contributed by atoms with Crippen LogP contribution in [0.15, 0.2) is 24.5 Å². The monoisotopic (exact) mass is 462 g/mol. The lowest BCUT2D eigenvalue weighted by atomic mass is 10.0. The van der Waals surface area contributed by atoms with Crippen LogP contribution in [-0.4, -0.2) is 45.8 Å². The summed E-state index contributed by atoms with van der Waals surface area (Å²) < 4.78 is 14.0. The molecule has 10 heteroatoms.